The van der Waals surface area contributed by atoms with E-state index in [2.05, 4.69) is 11.0 Å². The van der Waals surface area contributed by atoms with E-state index in [1.807, 2.05) is 11.9 Å². The van der Waals surface area contributed by atoms with E-state index in [0.29, 0.717) is 19.2 Å². The van der Waals surface area contributed by atoms with Gasteiger partial charge in [0.15, 0.2) is 0 Å². The molecular weight excluding hydrogens is 266 g/mol. The molecule has 1 aliphatic carbocycles. The molecule has 2 aliphatic rings. The fourth-order valence-corrected chi connectivity index (χ4v) is 2.98. The largest absolute Gasteiger partial charge is 0.378 e. The third-order valence-corrected chi connectivity index (χ3v) is 4.42. The maximum atomic E-state index is 12.3. The summed E-state index contributed by atoms with van der Waals surface area (Å²) in [6.45, 7) is 3.88. The van der Waals surface area contributed by atoms with Crippen LogP contribution in [0.3, 0.4) is 0 Å². The number of nitrogens with two attached hydrogens (primary N) is 1. The van der Waals surface area contributed by atoms with Gasteiger partial charge in [-0.05, 0) is 45.1 Å². The first-order valence-electron chi connectivity index (χ1n) is 8.20. The van der Waals surface area contributed by atoms with Crippen LogP contribution < -0.4 is 5.73 Å². The second kappa shape index (κ2) is 8.51. The summed E-state index contributed by atoms with van der Waals surface area (Å²) < 4.78 is 5.79. The summed E-state index contributed by atoms with van der Waals surface area (Å²) in [4.78, 5) is 16.4. The van der Waals surface area contributed by atoms with Gasteiger partial charge in [-0.15, -0.1) is 0 Å². The zero-order valence-corrected chi connectivity index (χ0v) is 13.2. The number of amides is 1. The number of rotatable bonds is 7. The third-order valence-electron chi connectivity index (χ3n) is 4.42. The molecule has 2 N–H and O–H groups in total. The number of carbonyl (C=O) groups excluding carboxylic acids is 1. The van der Waals surface area contributed by atoms with Crippen molar-refractivity contribution in [1.29, 1.82) is 0 Å². The van der Waals surface area contributed by atoms with E-state index in [4.69, 9.17) is 10.5 Å². The maximum Gasteiger partial charge on any atom is 0.240 e. The van der Waals surface area contributed by atoms with Crippen LogP contribution in [0.2, 0.25) is 0 Å². The van der Waals surface area contributed by atoms with Crippen LogP contribution in [0.25, 0.3) is 0 Å². The number of hydrogen-bond acceptors (Lipinski definition) is 4. The zero-order chi connectivity index (χ0) is 15.1. The standard InChI is InChI=1S/C16H29N3O2/c1-18(14-5-2-3-6-14)16(20)13-19-10-7-15(8-11-19)21-12-4-9-17/h5,15H,2-4,6-13,17H2,1H3. The molecule has 0 radical (unpaired) electrons. The van der Waals surface area contributed by atoms with Gasteiger partial charge >= 0.3 is 0 Å². The van der Waals surface area contributed by atoms with E-state index in [1.165, 1.54) is 12.1 Å². The van der Waals surface area contributed by atoms with Gasteiger partial charge in [0, 0.05) is 32.4 Å². The Bertz CT molecular complexity index is 363. The molecule has 21 heavy (non-hydrogen) atoms. The van der Waals surface area contributed by atoms with Crippen LogP contribution in [-0.2, 0) is 9.53 Å². The summed E-state index contributed by atoms with van der Waals surface area (Å²) in [6.07, 6.45) is 8.83. The predicted octanol–water partition coefficient (Wildman–Crippen LogP) is 1.34. The maximum absolute atomic E-state index is 12.3. The summed E-state index contributed by atoms with van der Waals surface area (Å²) in [5.41, 5.74) is 6.66. The number of nitrogens with zero attached hydrogens (tertiary/aromatic N) is 2. The Labute approximate surface area is 128 Å². The minimum absolute atomic E-state index is 0.214. The van der Waals surface area contributed by atoms with Crippen molar-refractivity contribution in [3.05, 3.63) is 11.8 Å². The Morgan fingerprint density at radius 1 is 1.48 bits per heavy atom. The SMILES string of the molecule is CN(C(=O)CN1CCC(OCCCN)CC1)C1=CCCC1. The fourth-order valence-electron chi connectivity index (χ4n) is 2.98. The predicted molar refractivity (Wildman–Crippen MR) is 83.8 cm³/mol. The molecule has 2 rings (SSSR count). The van der Waals surface area contributed by atoms with Crippen LogP contribution in [0.4, 0.5) is 0 Å². The minimum Gasteiger partial charge on any atom is -0.378 e. The minimum atomic E-state index is 0.214. The van der Waals surface area contributed by atoms with Crippen LogP contribution in [0.1, 0.15) is 38.5 Å². The van der Waals surface area contributed by atoms with Crippen molar-refractivity contribution in [1.82, 2.24) is 9.80 Å². The lowest BCUT2D eigenvalue weighted by Gasteiger charge is -2.32. The van der Waals surface area contributed by atoms with Gasteiger partial charge in [-0.1, -0.05) is 6.08 Å². The summed E-state index contributed by atoms with van der Waals surface area (Å²) in [7, 11) is 1.90. The molecule has 0 spiro atoms. The lowest BCUT2D eigenvalue weighted by atomic mass is 10.1. The molecule has 5 nitrogen and oxygen atoms in total. The molecule has 0 saturated carbocycles. The zero-order valence-electron chi connectivity index (χ0n) is 13.2. The highest BCUT2D eigenvalue weighted by atomic mass is 16.5. The lowest BCUT2D eigenvalue weighted by Crippen LogP contribution is -2.43. The second-order valence-corrected chi connectivity index (χ2v) is 6.03. The molecule has 0 aromatic carbocycles. The first kappa shape index (κ1) is 16.5. The molecule has 5 heteroatoms. The van der Waals surface area contributed by atoms with Crippen molar-refractivity contribution in [2.75, 3.05) is 39.8 Å². The smallest absolute Gasteiger partial charge is 0.240 e. The Morgan fingerprint density at radius 3 is 2.86 bits per heavy atom. The van der Waals surface area contributed by atoms with E-state index in [0.717, 1.165) is 51.8 Å². The van der Waals surface area contributed by atoms with Crippen molar-refractivity contribution in [2.45, 2.75) is 44.6 Å². The van der Waals surface area contributed by atoms with Crippen LogP contribution in [-0.4, -0.2) is 61.6 Å². The Hall–Kier alpha value is -0.910. The number of carbonyl (C=O) groups is 1. The Morgan fingerprint density at radius 2 is 2.24 bits per heavy atom. The normalized spacial score (nSPS) is 20.6. The summed E-state index contributed by atoms with van der Waals surface area (Å²) in [6, 6.07) is 0. The summed E-state index contributed by atoms with van der Waals surface area (Å²) in [5, 5.41) is 0. The Kier molecular flexibility index (Phi) is 6.67. The quantitative estimate of drug-likeness (QED) is 0.720. The van der Waals surface area contributed by atoms with E-state index >= 15 is 0 Å². The number of hydrogen-bond donors (Lipinski definition) is 1. The van der Waals surface area contributed by atoms with Gasteiger partial charge < -0.3 is 15.4 Å². The molecule has 1 heterocycles. The van der Waals surface area contributed by atoms with Crippen molar-refractivity contribution in [3.8, 4) is 0 Å². The van der Waals surface area contributed by atoms with Gasteiger partial charge in [0.1, 0.15) is 0 Å². The number of piperidine rings is 1. The molecule has 0 atom stereocenters. The average Bonchev–Trinajstić information content (AvgIpc) is 3.02. The van der Waals surface area contributed by atoms with Gasteiger partial charge in [-0.3, -0.25) is 9.69 Å². The van der Waals surface area contributed by atoms with Crippen LogP contribution >= 0.6 is 0 Å². The van der Waals surface area contributed by atoms with Crippen molar-refractivity contribution in [3.63, 3.8) is 0 Å². The van der Waals surface area contributed by atoms with Crippen LogP contribution in [0, 0.1) is 0 Å². The van der Waals surface area contributed by atoms with Crippen LogP contribution in [0.15, 0.2) is 11.8 Å². The van der Waals surface area contributed by atoms with E-state index in [1.54, 1.807) is 0 Å². The van der Waals surface area contributed by atoms with Crippen molar-refractivity contribution >= 4 is 5.91 Å². The van der Waals surface area contributed by atoms with E-state index in [-0.39, 0.29) is 5.91 Å². The molecule has 1 fully saturated rings. The monoisotopic (exact) mass is 295 g/mol. The first-order valence-corrected chi connectivity index (χ1v) is 8.20. The van der Waals surface area contributed by atoms with Gasteiger partial charge in [0.05, 0.1) is 12.6 Å². The third kappa shape index (κ3) is 5.09. The lowest BCUT2D eigenvalue weighted by molar-refractivity contribution is -0.130. The highest BCUT2D eigenvalue weighted by Crippen LogP contribution is 2.21. The Balaban J connectivity index is 1.67. The molecule has 1 aliphatic heterocycles. The summed E-state index contributed by atoms with van der Waals surface area (Å²) >= 11 is 0. The molecular formula is C16H29N3O2. The molecule has 1 saturated heterocycles. The number of likely N-dealkylation sites (N-methyl/N-ethyl adjacent to an activating group) is 1. The number of likely N-dealkylation sites (tertiary alicyclic amines) is 1. The van der Waals surface area contributed by atoms with E-state index < -0.39 is 0 Å². The van der Waals surface area contributed by atoms with Crippen LogP contribution in [0.5, 0.6) is 0 Å². The van der Waals surface area contributed by atoms with Gasteiger partial charge in [0.25, 0.3) is 0 Å². The summed E-state index contributed by atoms with van der Waals surface area (Å²) in [5.74, 6) is 0.214. The average molecular weight is 295 g/mol. The molecule has 0 aromatic rings. The van der Waals surface area contributed by atoms with Gasteiger partial charge in [0.2, 0.25) is 5.91 Å². The number of ether oxygens (including phenoxy) is 1. The molecule has 0 bridgehead atoms. The topological polar surface area (TPSA) is 58.8 Å². The van der Waals surface area contributed by atoms with Crippen molar-refractivity contribution < 1.29 is 9.53 Å². The molecule has 1 amide bonds. The number of allylic oxidation sites excluding steroid dienone is 2. The second-order valence-electron chi connectivity index (χ2n) is 6.03. The van der Waals surface area contributed by atoms with E-state index in [9.17, 15) is 4.79 Å². The fraction of sp³-hybridized carbons (Fsp3) is 0.812. The van der Waals surface area contributed by atoms with Gasteiger partial charge in [-0.25, -0.2) is 0 Å². The molecule has 0 unspecified atom stereocenters. The first-order chi connectivity index (χ1) is 10.2. The molecule has 120 valence electrons. The molecule has 0 aromatic heterocycles. The van der Waals surface area contributed by atoms with Gasteiger partial charge in [-0.2, -0.15) is 0 Å². The highest BCUT2D eigenvalue weighted by Gasteiger charge is 2.23. The highest BCUT2D eigenvalue weighted by molar-refractivity contribution is 5.79. The van der Waals surface area contributed by atoms with Crippen molar-refractivity contribution in [2.24, 2.45) is 5.73 Å².